The summed E-state index contributed by atoms with van der Waals surface area (Å²) in [6.45, 7) is -0.325. The van der Waals surface area contributed by atoms with E-state index in [0.29, 0.717) is 11.7 Å². The second-order valence-electron chi connectivity index (χ2n) is 6.20. The second kappa shape index (κ2) is 12.5. The van der Waals surface area contributed by atoms with E-state index in [-0.39, 0.29) is 31.7 Å². The summed E-state index contributed by atoms with van der Waals surface area (Å²) in [5, 5.41) is 14.2. The Kier molecular flexibility index (Phi) is 11.1. The van der Waals surface area contributed by atoms with Crippen LogP contribution in [0.5, 0.6) is 0 Å². The Morgan fingerprint density at radius 1 is 1.19 bits per heavy atom. The van der Waals surface area contributed by atoms with Gasteiger partial charge in [-0.05, 0) is 25.7 Å². The molecule has 1 saturated heterocycles. The van der Waals surface area contributed by atoms with Crippen molar-refractivity contribution in [3.63, 3.8) is 0 Å². The topological polar surface area (TPSA) is 150 Å². The van der Waals surface area contributed by atoms with Crippen molar-refractivity contribution in [1.29, 1.82) is 0 Å². The van der Waals surface area contributed by atoms with Crippen LogP contribution in [0.4, 0.5) is 0 Å². The van der Waals surface area contributed by atoms with Gasteiger partial charge in [0.05, 0.1) is 5.75 Å². The van der Waals surface area contributed by atoms with Crippen LogP contribution in [0, 0.1) is 0 Å². The van der Waals surface area contributed by atoms with E-state index < -0.39 is 33.8 Å². The molecule has 156 valence electrons. The van der Waals surface area contributed by atoms with Crippen molar-refractivity contribution in [2.24, 2.45) is 0 Å². The molecule has 0 aromatic carbocycles. The Hall–Kier alpha value is -0.980. The molecule has 0 saturated carbocycles. The highest BCUT2D eigenvalue weighted by molar-refractivity contribution is 8.77. The average Bonchev–Trinajstić information content (AvgIpc) is 3.07. The van der Waals surface area contributed by atoms with Gasteiger partial charge in [-0.25, -0.2) is 0 Å². The van der Waals surface area contributed by atoms with E-state index in [2.05, 4.69) is 10.6 Å². The molecule has 0 radical (unpaired) electrons. The van der Waals surface area contributed by atoms with E-state index in [9.17, 15) is 22.8 Å². The zero-order chi connectivity index (χ0) is 20.3. The Labute approximate surface area is 166 Å². The quantitative estimate of drug-likeness (QED) is 0.186. The minimum atomic E-state index is -4.22. The molecule has 2 amide bonds. The van der Waals surface area contributed by atoms with Gasteiger partial charge >= 0.3 is 5.97 Å². The molecular formula is C15H26N2O7S3. The largest absolute Gasteiger partial charge is 0.481 e. The summed E-state index contributed by atoms with van der Waals surface area (Å²) in [6, 6.07) is -1.06. The third-order valence-corrected chi connectivity index (χ3v) is 7.59. The molecule has 4 N–H and O–H groups in total. The molecule has 0 spiro atoms. The summed E-state index contributed by atoms with van der Waals surface area (Å²) in [6.07, 6.45) is 3.65. The number of carboxylic acids is 1. The number of amides is 2. The maximum Gasteiger partial charge on any atom is 0.303 e. The van der Waals surface area contributed by atoms with Crippen LogP contribution in [-0.2, 0) is 24.5 Å². The van der Waals surface area contributed by atoms with Gasteiger partial charge in [0.2, 0.25) is 11.8 Å². The Bertz CT molecular complexity index is 607. The number of carbonyl (C=O) groups excluding carboxylic acids is 2. The Morgan fingerprint density at radius 2 is 1.93 bits per heavy atom. The molecule has 0 aromatic heterocycles. The molecule has 0 aliphatic carbocycles. The fourth-order valence-electron chi connectivity index (χ4n) is 2.45. The van der Waals surface area contributed by atoms with Crippen LogP contribution in [0.1, 0.15) is 44.9 Å². The lowest BCUT2D eigenvalue weighted by atomic mass is 10.1. The van der Waals surface area contributed by atoms with Gasteiger partial charge in [-0.2, -0.15) is 8.42 Å². The number of unbranched alkanes of at least 4 members (excludes halogenated alkanes) is 1. The van der Waals surface area contributed by atoms with Crippen LogP contribution in [-0.4, -0.2) is 65.2 Å². The first kappa shape index (κ1) is 24.1. The molecule has 0 aromatic rings. The molecule has 9 nitrogen and oxygen atoms in total. The smallest absolute Gasteiger partial charge is 0.303 e. The van der Waals surface area contributed by atoms with E-state index in [1.165, 1.54) is 6.42 Å². The first-order chi connectivity index (χ1) is 12.7. The molecule has 12 heteroatoms. The maximum absolute atomic E-state index is 12.1. The monoisotopic (exact) mass is 442 g/mol. The maximum atomic E-state index is 12.1. The average molecular weight is 443 g/mol. The number of carboxylic acid groups (broad SMARTS) is 1. The fraction of sp³-hybridized carbons (Fsp3) is 0.800. The lowest BCUT2D eigenvalue weighted by Gasteiger charge is -2.18. The summed E-state index contributed by atoms with van der Waals surface area (Å²) in [5.41, 5.74) is 0. The highest BCUT2D eigenvalue weighted by Gasteiger charge is 2.22. The van der Waals surface area contributed by atoms with Gasteiger partial charge < -0.3 is 15.7 Å². The SMILES string of the molecule is O=C(O)CCC(NC(=O)CCCC[C@@H]1CCSS1)C(=O)NCCS(=O)(=O)O. The third kappa shape index (κ3) is 12.2. The molecule has 1 aliphatic rings. The van der Waals surface area contributed by atoms with E-state index in [0.717, 1.165) is 18.6 Å². The predicted octanol–water partition coefficient (Wildman–Crippen LogP) is 1.05. The summed E-state index contributed by atoms with van der Waals surface area (Å²) in [5.74, 6) is -1.62. The van der Waals surface area contributed by atoms with Gasteiger partial charge in [-0.3, -0.25) is 18.9 Å². The number of hydrogen-bond donors (Lipinski definition) is 4. The lowest BCUT2D eigenvalue weighted by molar-refractivity contribution is -0.138. The Morgan fingerprint density at radius 3 is 2.52 bits per heavy atom. The molecule has 1 aliphatic heterocycles. The highest BCUT2D eigenvalue weighted by atomic mass is 33.1. The molecule has 0 bridgehead atoms. The van der Waals surface area contributed by atoms with Crippen LogP contribution in [0.2, 0.25) is 0 Å². The zero-order valence-corrected chi connectivity index (χ0v) is 17.3. The minimum absolute atomic E-state index is 0.102. The summed E-state index contributed by atoms with van der Waals surface area (Å²) in [4.78, 5) is 34.9. The minimum Gasteiger partial charge on any atom is -0.481 e. The predicted molar refractivity (Wildman–Crippen MR) is 105 cm³/mol. The highest BCUT2D eigenvalue weighted by Crippen LogP contribution is 2.39. The van der Waals surface area contributed by atoms with Crippen molar-refractivity contribution >= 4 is 49.5 Å². The molecule has 1 fully saturated rings. The second-order valence-corrected chi connectivity index (χ2v) is 10.6. The number of aliphatic carboxylic acids is 1. The summed E-state index contributed by atoms with van der Waals surface area (Å²) >= 11 is 0. The van der Waals surface area contributed by atoms with Crippen LogP contribution >= 0.6 is 21.6 Å². The number of hydrogen-bond acceptors (Lipinski definition) is 7. The van der Waals surface area contributed by atoms with Crippen molar-refractivity contribution in [2.75, 3.05) is 18.1 Å². The normalized spacial score (nSPS) is 18.0. The van der Waals surface area contributed by atoms with Crippen molar-refractivity contribution < 1.29 is 32.5 Å². The molecular weight excluding hydrogens is 416 g/mol. The van der Waals surface area contributed by atoms with Crippen molar-refractivity contribution in [3.8, 4) is 0 Å². The Balaban J connectivity index is 2.38. The standard InChI is InChI=1S/C15H26N2O7S3/c18-13(4-2-1-3-11-7-9-25-26-11)17-12(5-6-14(19)20)15(21)16-8-10-27(22,23)24/h11-12H,1-10H2,(H,16,21)(H,17,18)(H,19,20)(H,22,23,24)/t11-,12?/m1/s1. The molecule has 1 unspecified atom stereocenters. The van der Waals surface area contributed by atoms with Gasteiger partial charge in [0.25, 0.3) is 10.1 Å². The van der Waals surface area contributed by atoms with E-state index in [1.807, 2.05) is 21.6 Å². The van der Waals surface area contributed by atoms with Crippen LogP contribution in [0.25, 0.3) is 0 Å². The lowest BCUT2D eigenvalue weighted by Crippen LogP contribution is -2.47. The summed E-state index contributed by atoms with van der Waals surface area (Å²) in [7, 11) is -0.469. The number of rotatable bonds is 13. The summed E-state index contributed by atoms with van der Waals surface area (Å²) < 4.78 is 30.0. The first-order valence-corrected chi connectivity index (χ1v) is 12.7. The molecule has 27 heavy (non-hydrogen) atoms. The van der Waals surface area contributed by atoms with Gasteiger partial charge in [0.15, 0.2) is 0 Å². The first-order valence-electron chi connectivity index (χ1n) is 8.69. The van der Waals surface area contributed by atoms with Crippen molar-refractivity contribution in [3.05, 3.63) is 0 Å². The van der Waals surface area contributed by atoms with Crippen LogP contribution in [0.15, 0.2) is 0 Å². The van der Waals surface area contributed by atoms with Crippen LogP contribution in [0.3, 0.4) is 0 Å². The van der Waals surface area contributed by atoms with Crippen molar-refractivity contribution in [1.82, 2.24) is 10.6 Å². The van der Waals surface area contributed by atoms with Gasteiger partial charge in [-0.15, -0.1) is 0 Å². The molecule has 2 atom stereocenters. The molecule has 1 rings (SSSR count). The zero-order valence-electron chi connectivity index (χ0n) is 14.9. The third-order valence-electron chi connectivity index (χ3n) is 3.87. The van der Waals surface area contributed by atoms with Crippen molar-refractivity contribution in [2.45, 2.75) is 56.2 Å². The van der Waals surface area contributed by atoms with Crippen LogP contribution < -0.4 is 10.6 Å². The van der Waals surface area contributed by atoms with E-state index in [1.54, 1.807) is 0 Å². The van der Waals surface area contributed by atoms with E-state index >= 15 is 0 Å². The molecule has 1 heterocycles. The van der Waals surface area contributed by atoms with E-state index in [4.69, 9.17) is 9.66 Å². The van der Waals surface area contributed by atoms with Gasteiger partial charge in [-0.1, -0.05) is 28.0 Å². The number of nitrogens with one attached hydrogen (secondary N) is 2. The van der Waals surface area contributed by atoms with Gasteiger partial charge in [0.1, 0.15) is 6.04 Å². The fourth-order valence-corrected chi connectivity index (χ4v) is 5.84. The van der Waals surface area contributed by atoms with Gasteiger partial charge in [0, 0.05) is 30.4 Å². The number of carbonyl (C=O) groups is 3.